The van der Waals surface area contributed by atoms with Crippen molar-refractivity contribution in [1.82, 2.24) is 9.97 Å². The van der Waals surface area contributed by atoms with E-state index in [2.05, 4.69) is 22.1 Å². The summed E-state index contributed by atoms with van der Waals surface area (Å²) in [5, 5.41) is 1.14. The van der Waals surface area contributed by atoms with E-state index >= 15 is 0 Å². The van der Waals surface area contributed by atoms with Crippen molar-refractivity contribution in [2.45, 2.75) is 13.5 Å². The normalized spacial score (nSPS) is 10.6. The molecule has 0 unspecified atom stereocenters. The minimum atomic E-state index is 0.523. The van der Waals surface area contributed by atoms with E-state index in [-0.39, 0.29) is 0 Å². The van der Waals surface area contributed by atoms with E-state index in [1.165, 1.54) is 0 Å². The number of hydrogen-bond donors (Lipinski definition) is 0. The van der Waals surface area contributed by atoms with Gasteiger partial charge in [0.15, 0.2) is 0 Å². The van der Waals surface area contributed by atoms with Crippen LogP contribution in [0.1, 0.15) is 11.3 Å². The Hall–Kier alpha value is -2.42. The van der Waals surface area contributed by atoms with Crippen LogP contribution in [0.25, 0.3) is 10.9 Å². The lowest BCUT2D eigenvalue weighted by Crippen LogP contribution is -1.98. The Morgan fingerprint density at radius 1 is 1.11 bits per heavy atom. The number of rotatable bonds is 3. The van der Waals surface area contributed by atoms with Crippen LogP contribution in [0.15, 0.2) is 54.9 Å². The molecule has 0 fully saturated rings. The quantitative estimate of drug-likeness (QED) is 0.713. The first kappa shape index (κ1) is 11.7. The van der Waals surface area contributed by atoms with Crippen molar-refractivity contribution in [2.24, 2.45) is 0 Å². The van der Waals surface area contributed by atoms with Gasteiger partial charge in [0.2, 0.25) is 0 Å². The monoisotopic (exact) mass is 250 g/mol. The van der Waals surface area contributed by atoms with E-state index in [4.69, 9.17) is 4.74 Å². The second-order valence-corrected chi connectivity index (χ2v) is 4.42. The van der Waals surface area contributed by atoms with E-state index in [9.17, 15) is 0 Å². The molecule has 0 N–H and O–H groups in total. The molecule has 0 aliphatic carbocycles. The zero-order valence-electron chi connectivity index (χ0n) is 10.7. The Morgan fingerprint density at radius 3 is 2.84 bits per heavy atom. The molecule has 0 aliphatic rings. The molecular weight excluding hydrogens is 236 g/mol. The Morgan fingerprint density at radius 2 is 2.00 bits per heavy atom. The SMILES string of the molecule is Cc1cc(COc2cccnc2)c2ccccc2n1. The van der Waals surface area contributed by atoms with Gasteiger partial charge in [0.05, 0.1) is 11.7 Å². The van der Waals surface area contributed by atoms with Crippen molar-refractivity contribution < 1.29 is 4.74 Å². The van der Waals surface area contributed by atoms with Crippen LogP contribution in [0.2, 0.25) is 0 Å². The van der Waals surface area contributed by atoms with Gasteiger partial charge in [-0.3, -0.25) is 9.97 Å². The highest BCUT2D eigenvalue weighted by Gasteiger charge is 2.04. The second-order valence-electron chi connectivity index (χ2n) is 4.42. The number of hydrogen-bond acceptors (Lipinski definition) is 3. The topological polar surface area (TPSA) is 35.0 Å². The van der Waals surface area contributed by atoms with Gasteiger partial charge in [0.25, 0.3) is 0 Å². The van der Waals surface area contributed by atoms with Crippen LogP contribution in [0.4, 0.5) is 0 Å². The fourth-order valence-corrected chi connectivity index (χ4v) is 2.11. The van der Waals surface area contributed by atoms with E-state index < -0.39 is 0 Å². The lowest BCUT2D eigenvalue weighted by Gasteiger charge is -2.09. The molecule has 3 nitrogen and oxygen atoms in total. The molecule has 0 radical (unpaired) electrons. The summed E-state index contributed by atoms with van der Waals surface area (Å²) in [4.78, 5) is 8.56. The Labute approximate surface area is 111 Å². The molecule has 3 heteroatoms. The number of nitrogens with zero attached hydrogens (tertiary/aromatic N) is 2. The van der Waals surface area contributed by atoms with Gasteiger partial charge in [-0.05, 0) is 31.2 Å². The minimum absolute atomic E-state index is 0.523. The van der Waals surface area contributed by atoms with Gasteiger partial charge in [-0.25, -0.2) is 0 Å². The number of para-hydroxylation sites is 1. The number of fused-ring (bicyclic) bond motifs is 1. The van der Waals surface area contributed by atoms with Crippen molar-refractivity contribution in [3.63, 3.8) is 0 Å². The highest BCUT2D eigenvalue weighted by Crippen LogP contribution is 2.20. The maximum absolute atomic E-state index is 5.76. The molecule has 3 aromatic rings. The maximum atomic E-state index is 5.76. The van der Waals surface area contributed by atoms with Gasteiger partial charge in [-0.15, -0.1) is 0 Å². The second kappa shape index (κ2) is 5.06. The van der Waals surface area contributed by atoms with Gasteiger partial charge in [-0.1, -0.05) is 18.2 Å². The molecule has 19 heavy (non-hydrogen) atoms. The number of pyridine rings is 2. The maximum Gasteiger partial charge on any atom is 0.138 e. The summed E-state index contributed by atoms with van der Waals surface area (Å²) in [7, 11) is 0. The minimum Gasteiger partial charge on any atom is -0.487 e. The smallest absolute Gasteiger partial charge is 0.138 e. The fourth-order valence-electron chi connectivity index (χ4n) is 2.11. The van der Waals surface area contributed by atoms with Gasteiger partial charge in [-0.2, -0.15) is 0 Å². The molecule has 2 heterocycles. The standard InChI is InChI=1S/C16H14N2O/c1-12-9-13(11-19-14-5-4-8-17-10-14)15-6-2-3-7-16(15)18-12/h2-10H,11H2,1H3. The molecule has 0 saturated carbocycles. The van der Waals surface area contributed by atoms with E-state index in [1.54, 1.807) is 12.4 Å². The lowest BCUT2D eigenvalue weighted by molar-refractivity contribution is 0.306. The van der Waals surface area contributed by atoms with Crippen molar-refractivity contribution in [3.8, 4) is 5.75 Å². The van der Waals surface area contributed by atoms with Gasteiger partial charge in [0, 0.05) is 22.8 Å². The van der Waals surface area contributed by atoms with Gasteiger partial charge >= 0.3 is 0 Å². The van der Waals surface area contributed by atoms with Crippen LogP contribution in [-0.4, -0.2) is 9.97 Å². The van der Waals surface area contributed by atoms with Gasteiger partial charge in [0.1, 0.15) is 12.4 Å². The van der Waals surface area contributed by atoms with E-state index in [1.807, 2.05) is 37.3 Å². The van der Waals surface area contributed by atoms with E-state index in [0.717, 1.165) is 27.9 Å². The number of benzene rings is 1. The summed E-state index contributed by atoms with van der Waals surface area (Å²) in [5.41, 5.74) is 3.16. The average Bonchev–Trinajstić information content (AvgIpc) is 2.45. The zero-order valence-corrected chi connectivity index (χ0v) is 10.7. The third-order valence-corrected chi connectivity index (χ3v) is 2.96. The van der Waals surface area contributed by atoms with Crippen LogP contribution < -0.4 is 4.74 Å². The molecule has 94 valence electrons. The molecule has 1 aromatic carbocycles. The summed E-state index contributed by atoms with van der Waals surface area (Å²) in [6.07, 6.45) is 3.45. The van der Waals surface area contributed by atoms with Crippen LogP contribution >= 0.6 is 0 Å². The molecular formula is C16H14N2O. The van der Waals surface area contributed by atoms with Crippen molar-refractivity contribution in [1.29, 1.82) is 0 Å². The van der Waals surface area contributed by atoms with Crippen molar-refractivity contribution in [2.75, 3.05) is 0 Å². The summed E-state index contributed by atoms with van der Waals surface area (Å²) in [6.45, 7) is 2.52. The summed E-state index contributed by atoms with van der Waals surface area (Å²) < 4.78 is 5.76. The predicted molar refractivity (Wildman–Crippen MR) is 75.0 cm³/mol. The summed E-state index contributed by atoms with van der Waals surface area (Å²) in [5.74, 6) is 0.779. The highest BCUT2D eigenvalue weighted by molar-refractivity contribution is 5.82. The summed E-state index contributed by atoms with van der Waals surface area (Å²) >= 11 is 0. The number of aromatic nitrogens is 2. The van der Waals surface area contributed by atoms with Crippen molar-refractivity contribution in [3.05, 3.63) is 66.1 Å². The molecule has 0 atom stereocenters. The average molecular weight is 250 g/mol. The van der Waals surface area contributed by atoms with Crippen LogP contribution in [0, 0.1) is 6.92 Å². The molecule has 0 spiro atoms. The first-order valence-corrected chi connectivity index (χ1v) is 6.21. The van der Waals surface area contributed by atoms with E-state index in [0.29, 0.717) is 6.61 Å². The van der Waals surface area contributed by atoms with Crippen LogP contribution in [0.3, 0.4) is 0 Å². The third-order valence-electron chi connectivity index (χ3n) is 2.96. The van der Waals surface area contributed by atoms with Crippen LogP contribution in [-0.2, 0) is 6.61 Å². The Kier molecular flexibility index (Phi) is 3.11. The lowest BCUT2D eigenvalue weighted by atomic mass is 10.1. The zero-order chi connectivity index (χ0) is 13.1. The fraction of sp³-hybridized carbons (Fsp3) is 0.125. The highest BCUT2D eigenvalue weighted by atomic mass is 16.5. The Balaban J connectivity index is 1.92. The Bertz CT molecular complexity index is 695. The molecule has 0 aliphatic heterocycles. The molecule has 0 saturated heterocycles. The third kappa shape index (κ3) is 2.55. The molecule has 2 aromatic heterocycles. The predicted octanol–water partition coefficient (Wildman–Crippen LogP) is 3.52. The van der Waals surface area contributed by atoms with Crippen molar-refractivity contribution >= 4 is 10.9 Å². The molecule has 0 bridgehead atoms. The first-order chi connectivity index (χ1) is 9.33. The van der Waals surface area contributed by atoms with Crippen LogP contribution in [0.5, 0.6) is 5.75 Å². The molecule has 0 amide bonds. The molecule has 3 rings (SSSR count). The first-order valence-electron chi connectivity index (χ1n) is 6.21. The number of ether oxygens (including phenoxy) is 1. The largest absolute Gasteiger partial charge is 0.487 e. The van der Waals surface area contributed by atoms with Gasteiger partial charge < -0.3 is 4.74 Å². The number of aryl methyl sites for hydroxylation is 1. The summed E-state index contributed by atoms with van der Waals surface area (Å²) in [6, 6.07) is 14.0.